The van der Waals surface area contributed by atoms with Gasteiger partial charge in [-0.25, -0.2) is 4.79 Å². The van der Waals surface area contributed by atoms with Gasteiger partial charge >= 0.3 is 5.63 Å². The molecule has 1 amide bonds. The van der Waals surface area contributed by atoms with Crippen molar-refractivity contribution in [3.05, 3.63) is 58.4 Å². The third-order valence-corrected chi connectivity index (χ3v) is 4.93. The number of anilines is 1. The standard InChI is InChI=1S/C21H22N4O5/c1-28-12-13-29-19-7-6-18(22-23-19)24-8-10-25(11-9-24)20(26)16-14-15-4-2-3-5-17(15)30-21(16)27/h2-7,14H,8-13H2,1H3. The van der Waals surface area contributed by atoms with Gasteiger partial charge < -0.3 is 23.7 Å². The minimum Gasteiger partial charge on any atom is -0.474 e. The van der Waals surface area contributed by atoms with Crippen LogP contribution in [0.5, 0.6) is 5.88 Å². The molecule has 30 heavy (non-hydrogen) atoms. The monoisotopic (exact) mass is 410 g/mol. The lowest BCUT2D eigenvalue weighted by molar-refractivity contribution is 0.0742. The van der Waals surface area contributed by atoms with Crippen molar-refractivity contribution in [3.63, 3.8) is 0 Å². The van der Waals surface area contributed by atoms with Crippen LogP contribution in [0.15, 0.2) is 51.7 Å². The van der Waals surface area contributed by atoms with Crippen LogP contribution >= 0.6 is 0 Å². The number of methoxy groups -OCH3 is 1. The number of nitrogens with zero attached hydrogens (tertiary/aromatic N) is 4. The first kappa shape index (κ1) is 19.8. The zero-order chi connectivity index (χ0) is 20.9. The molecule has 1 aromatic carbocycles. The van der Waals surface area contributed by atoms with Crippen molar-refractivity contribution in [2.45, 2.75) is 0 Å². The van der Waals surface area contributed by atoms with E-state index in [2.05, 4.69) is 10.2 Å². The molecular weight excluding hydrogens is 388 g/mol. The first-order valence-electron chi connectivity index (χ1n) is 9.68. The Morgan fingerprint density at radius 2 is 1.87 bits per heavy atom. The van der Waals surface area contributed by atoms with Crippen LogP contribution in [0.1, 0.15) is 10.4 Å². The third kappa shape index (κ3) is 4.25. The van der Waals surface area contributed by atoms with E-state index in [1.807, 2.05) is 23.1 Å². The summed E-state index contributed by atoms with van der Waals surface area (Å²) >= 11 is 0. The normalized spacial score (nSPS) is 14.2. The number of hydrogen-bond acceptors (Lipinski definition) is 8. The smallest absolute Gasteiger partial charge is 0.349 e. The number of fused-ring (bicyclic) bond motifs is 1. The highest BCUT2D eigenvalue weighted by Crippen LogP contribution is 2.17. The lowest BCUT2D eigenvalue weighted by Gasteiger charge is -2.35. The first-order chi connectivity index (χ1) is 14.7. The molecule has 0 N–H and O–H groups in total. The highest BCUT2D eigenvalue weighted by Gasteiger charge is 2.25. The summed E-state index contributed by atoms with van der Waals surface area (Å²) in [7, 11) is 1.61. The van der Waals surface area contributed by atoms with Crippen molar-refractivity contribution in [1.29, 1.82) is 0 Å². The van der Waals surface area contributed by atoms with E-state index >= 15 is 0 Å². The minimum absolute atomic E-state index is 0.0551. The van der Waals surface area contributed by atoms with Gasteiger partial charge in [-0.3, -0.25) is 4.79 Å². The number of rotatable bonds is 6. The van der Waals surface area contributed by atoms with Gasteiger partial charge in [-0.2, -0.15) is 0 Å². The Hall–Kier alpha value is -3.46. The summed E-state index contributed by atoms with van der Waals surface area (Å²) in [6.45, 7) is 3.01. The number of benzene rings is 1. The summed E-state index contributed by atoms with van der Waals surface area (Å²) in [5.41, 5.74) is -0.0901. The maximum atomic E-state index is 12.9. The number of ether oxygens (including phenoxy) is 2. The third-order valence-electron chi connectivity index (χ3n) is 4.93. The predicted octanol–water partition coefficient (Wildman–Crippen LogP) is 1.57. The van der Waals surface area contributed by atoms with Crippen LogP contribution < -0.4 is 15.3 Å². The molecule has 1 aliphatic heterocycles. The Morgan fingerprint density at radius 3 is 2.60 bits per heavy atom. The van der Waals surface area contributed by atoms with Crippen molar-refractivity contribution in [2.24, 2.45) is 0 Å². The molecule has 0 radical (unpaired) electrons. The summed E-state index contributed by atoms with van der Waals surface area (Å²) in [6.07, 6.45) is 0. The van der Waals surface area contributed by atoms with Crippen molar-refractivity contribution >= 4 is 22.7 Å². The number of para-hydroxylation sites is 1. The number of aromatic nitrogens is 2. The predicted molar refractivity (Wildman–Crippen MR) is 110 cm³/mol. The maximum absolute atomic E-state index is 12.9. The molecule has 9 nitrogen and oxygen atoms in total. The lowest BCUT2D eigenvalue weighted by Crippen LogP contribution is -2.49. The molecule has 156 valence electrons. The van der Waals surface area contributed by atoms with Crippen LogP contribution in [0.3, 0.4) is 0 Å². The molecule has 4 rings (SSSR count). The molecule has 3 heterocycles. The summed E-state index contributed by atoms with van der Waals surface area (Å²) in [5.74, 6) is 0.834. The van der Waals surface area contributed by atoms with Crippen LogP contribution in [-0.4, -0.2) is 67.5 Å². The fraction of sp³-hybridized carbons (Fsp3) is 0.333. The van der Waals surface area contributed by atoms with Gasteiger partial charge in [0.15, 0.2) is 5.82 Å². The van der Waals surface area contributed by atoms with Crippen LogP contribution in [0, 0.1) is 0 Å². The van der Waals surface area contributed by atoms with E-state index in [-0.39, 0.29) is 11.5 Å². The highest BCUT2D eigenvalue weighted by molar-refractivity contribution is 5.96. The summed E-state index contributed by atoms with van der Waals surface area (Å²) in [6, 6.07) is 12.3. The van der Waals surface area contributed by atoms with Gasteiger partial charge in [0.1, 0.15) is 17.8 Å². The Morgan fingerprint density at radius 1 is 1.07 bits per heavy atom. The van der Waals surface area contributed by atoms with Crippen molar-refractivity contribution in [1.82, 2.24) is 15.1 Å². The molecule has 0 aliphatic carbocycles. The van der Waals surface area contributed by atoms with Gasteiger partial charge in [0.25, 0.3) is 5.91 Å². The van der Waals surface area contributed by atoms with Crippen LogP contribution in [-0.2, 0) is 4.74 Å². The van der Waals surface area contributed by atoms with Gasteiger partial charge in [-0.15, -0.1) is 10.2 Å². The Labute approximate surface area is 172 Å². The second-order valence-electron chi connectivity index (χ2n) is 6.84. The maximum Gasteiger partial charge on any atom is 0.349 e. The Balaban J connectivity index is 1.39. The first-order valence-corrected chi connectivity index (χ1v) is 9.68. The Bertz CT molecular complexity index is 1070. The van der Waals surface area contributed by atoms with Gasteiger partial charge in [0, 0.05) is 44.7 Å². The highest BCUT2D eigenvalue weighted by atomic mass is 16.5. The topological polar surface area (TPSA) is 98.0 Å². The molecule has 0 bridgehead atoms. The lowest BCUT2D eigenvalue weighted by atomic mass is 10.1. The fourth-order valence-corrected chi connectivity index (χ4v) is 3.31. The van der Waals surface area contributed by atoms with Crippen LogP contribution in [0.25, 0.3) is 11.0 Å². The summed E-state index contributed by atoms with van der Waals surface area (Å²) in [5, 5.41) is 8.99. The zero-order valence-corrected chi connectivity index (χ0v) is 16.6. The van der Waals surface area contributed by atoms with Gasteiger partial charge in [0.05, 0.1) is 6.61 Å². The molecule has 0 atom stereocenters. The van der Waals surface area contributed by atoms with E-state index in [0.29, 0.717) is 56.7 Å². The molecular formula is C21H22N4O5. The van der Waals surface area contributed by atoms with E-state index in [1.54, 1.807) is 36.3 Å². The fourth-order valence-electron chi connectivity index (χ4n) is 3.31. The summed E-state index contributed by atoms with van der Waals surface area (Å²) in [4.78, 5) is 28.8. The van der Waals surface area contributed by atoms with Gasteiger partial charge in [-0.05, 0) is 18.2 Å². The number of amides is 1. The van der Waals surface area contributed by atoms with E-state index < -0.39 is 5.63 Å². The second-order valence-corrected chi connectivity index (χ2v) is 6.84. The molecule has 9 heteroatoms. The Kier molecular flexibility index (Phi) is 5.89. The molecule has 2 aromatic heterocycles. The van der Waals surface area contributed by atoms with E-state index in [4.69, 9.17) is 13.9 Å². The average molecular weight is 410 g/mol. The van der Waals surface area contributed by atoms with E-state index in [1.165, 1.54) is 0 Å². The molecule has 1 fully saturated rings. The van der Waals surface area contributed by atoms with Crippen molar-refractivity contribution in [3.8, 4) is 5.88 Å². The van der Waals surface area contributed by atoms with Crippen molar-refractivity contribution < 1.29 is 18.7 Å². The van der Waals surface area contributed by atoms with E-state index in [0.717, 1.165) is 5.39 Å². The number of carbonyl (C=O) groups excluding carboxylic acids is 1. The summed E-state index contributed by atoms with van der Waals surface area (Å²) < 4.78 is 15.6. The van der Waals surface area contributed by atoms with Crippen LogP contribution in [0.2, 0.25) is 0 Å². The number of piperazine rings is 1. The molecule has 1 aliphatic rings. The molecule has 0 unspecified atom stereocenters. The molecule has 1 saturated heterocycles. The van der Waals surface area contributed by atoms with Gasteiger partial charge in [-0.1, -0.05) is 18.2 Å². The SMILES string of the molecule is COCCOc1ccc(N2CCN(C(=O)c3cc4ccccc4oc3=O)CC2)nn1. The average Bonchev–Trinajstić information content (AvgIpc) is 2.79. The molecule has 0 spiro atoms. The molecule has 0 saturated carbocycles. The number of hydrogen-bond donors (Lipinski definition) is 0. The number of carbonyl (C=O) groups is 1. The molecule has 3 aromatic rings. The largest absolute Gasteiger partial charge is 0.474 e. The zero-order valence-electron chi connectivity index (χ0n) is 16.6. The van der Waals surface area contributed by atoms with Crippen molar-refractivity contribution in [2.75, 3.05) is 51.4 Å². The minimum atomic E-state index is -0.615. The van der Waals surface area contributed by atoms with Crippen LogP contribution in [0.4, 0.5) is 5.82 Å². The van der Waals surface area contributed by atoms with Gasteiger partial charge in [0.2, 0.25) is 5.88 Å². The second kappa shape index (κ2) is 8.91. The quantitative estimate of drug-likeness (QED) is 0.446. The van der Waals surface area contributed by atoms with E-state index in [9.17, 15) is 9.59 Å².